The van der Waals surface area contributed by atoms with Gasteiger partial charge in [0.1, 0.15) is 5.69 Å². The van der Waals surface area contributed by atoms with Crippen LogP contribution in [0.25, 0.3) is 0 Å². The zero-order valence-electron chi connectivity index (χ0n) is 12.9. The van der Waals surface area contributed by atoms with E-state index in [2.05, 4.69) is 9.88 Å². The van der Waals surface area contributed by atoms with Crippen LogP contribution in [0.4, 0.5) is 0 Å². The first-order valence-electron chi connectivity index (χ1n) is 8.25. The van der Waals surface area contributed by atoms with E-state index in [1.165, 1.54) is 24.2 Å². The average molecular weight is 321 g/mol. The second-order valence-corrected chi connectivity index (χ2v) is 7.66. The Labute approximate surface area is 135 Å². The minimum absolute atomic E-state index is 0.114. The number of rotatable bonds is 2. The number of amides is 1. The number of thiazole rings is 1. The van der Waals surface area contributed by atoms with Crippen LogP contribution in [0.5, 0.6) is 0 Å². The molecule has 3 fully saturated rings. The quantitative estimate of drug-likeness (QED) is 0.834. The molecule has 3 aliphatic rings. The molecular formula is C16H23N3O2S. The van der Waals surface area contributed by atoms with Crippen molar-refractivity contribution in [1.82, 2.24) is 14.8 Å². The van der Waals surface area contributed by atoms with Crippen molar-refractivity contribution >= 4 is 17.2 Å². The number of aromatic nitrogens is 1. The van der Waals surface area contributed by atoms with Gasteiger partial charge in [0, 0.05) is 43.1 Å². The minimum atomic E-state index is 0.114. The Morgan fingerprint density at radius 3 is 3.09 bits per heavy atom. The largest absolute Gasteiger partial charge is 0.380 e. The van der Waals surface area contributed by atoms with Gasteiger partial charge in [-0.3, -0.25) is 9.69 Å². The average Bonchev–Trinajstić information content (AvgIpc) is 3.28. The summed E-state index contributed by atoms with van der Waals surface area (Å²) >= 11 is 1.49. The monoisotopic (exact) mass is 321 g/mol. The van der Waals surface area contributed by atoms with Gasteiger partial charge in [-0.1, -0.05) is 0 Å². The molecule has 0 saturated carbocycles. The molecule has 1 aromatic heterocycles. The fourth-order valence-electron chi connectivity index (χ4n) is 4.29. The van der Waals surface area contributed by atoms with Crippen molar-refractivity contribution in [1.29, 1.82) is 0 Å². The van der Waals surface area contributed by atoms with Crippen LogP contribution in [-0.4, -0.2) is 66.1 Å². The molecule has 120 valence electrons. The van der Waals surface area contributed by atoms with Crippen molar-refractivity contribution in [2.75, 3.05) is 39.4 Å². The lowest BCUT2D eigenvalue weighted by molar-refractivity contribution is 0.0506. The number of hydrogen-bond acceptors (Lipinski definition) is 5. The van der Waals surface area contributed by atoms with Gasteiger partial charge in [-0.15, -0.1) is 11.3 Å². The summed E-state index contributed by atoms with van der Waals surface area (Å²) in [6, 6.07) is 0.601. The lowest BCUT2D eigenvalue weighted by Gasteiger charge is -2.40. The van der Waals surface area contributed by atoms with Gasteiger partial charge >= 0.3 is 0 Å². The maximum Gasteiger partial charge on any atom is 0.273 e. The standard InChI is InChI=1S/C16H23N3O2S/c20-15(14-9-22-12-17-14)19-5-1-3-16(11-19)4-6-18(10-16)13-2-7-21-8-13/h9,12-13H,1-8,10-11H2/t13-,16-/m0/s1. The molecule has 4 rings (SSSR count). The van der Waals surface area contributed by atoms with Gasteiger partial charge in [-0.2, -0.15) is 0 Å². The SMILES string of the molecule is O=C(c1cscn1)N1CCC[C@@]2(CCN([C@H]3CCOC3)C2)C1. The molecule has 1 aromatic rings. The Kier molecular flexibility index (Phi) is 3.92. The molecular weight excluding hydrogens is 298 g/mol. The van der Waals surface area contributed by atoms with Crippen LogP contribution >= 0.6 is 11.3 Å². The highest BCUT2D eigenvalue weighted by molar-refractivity contribution is 7.07. The predicted octanol–water partition coefficient (Wildman–Crippen LogP) is 1.86. The van der Waals surface area contributed by atoms with Gasteiger partial charge in [0.15, 0.2) is 0 Å². The number of ether oxygens (including phenoxy) is 1. The van der Waals surface area contributed by atoms with Crippen LogP contribution in [0, 0.1) is 5.41 Å². The highest BCUT2D eigenvalue weighted by Crippen LogP contribution is 2.40. The highest BCUT2D eigenvalue weighted by atomic mass is 32.1. The fraction of sp³-hybridized carbons (Fsp3) is 0.750. The smallest absolute Gasteiger partial charge is 0.273 e. The second kappa shape index (κ2) is 5.91. The van der Waals surface area contributed by atoms with Crippen LogP contribution in [0.1, 0.15) is 36.2 Å². The van der Waals surface area contributed by atoms with E-state index in [9.17, 15) is 4.79 Å². The van der Waals surface area contributed by atoms with Crippen LogP contribution in [0.3, 0.4) is 0 Å². The molecule has 6 heteroatoms. The maximum absolute atomic E-state index is 12.6. The van der Waals surface area contributed by atoms with Crippen LogP contribution < -0.4 is 0 Å². The molecule has 5 nitrogen and oxygen atoms in total. The maximum atomic E-state index is 12.6. The van der Waals surface area contributed by atoms with Gasteiger partial charge in [-0.05, 0) is 32.2 Å². The Hall–Kier alpha value is -0.980. The molecule has 3 saturated heterocycles. The summed E-state index contributed by atoms with van der Waals surface area (Å²) in [6.07, 6.45) is 4.74. The summed E-state index contributed by atoms with van der Waals surface area (Å²) in [5, 5.41) is 1.86. The van der Waals surface area contributed by atoms with Crippen molar-refractivity contribution < 1.29 is 9.53 Å². The zero-order chi connectivity index (χ0) is 15.0. The normalized spacial score (nSPS) is 32.9. The van der Waals surface area contributed by atoms with E-state index in [4.69, 9.17) is 4.74 Å². The van der Waals surface area contributed by atoms with Crippen molar-refractivity contribution in [3.05, 3.63) is 16.6 Å². The Morgan fingerprint density at radius 2 is 2.32 bits per heavy atom. The molecule has 0 aliphatic carbocycles. The molecule has 2 atom stereocenters. The Morgan fingerprint density at radius 1 is 1.36 bits per heavy atom. The first kappa shape index (κ1) is 14.6. The van der Waals surface area contributed by atoms with Crippen molar-refractivity contribution in [2.45, 2.75) is 31.7 Å². The molecule has 4 heterocycles. The molecule has 0 aromatic carbocycles. The molecule has 0 radical (unpaired) electrons. The van der Waals surface area contributed by atoms with Crippen LogP contribution in [0.2, 0.25) is 0 Å². The predicted molar refractivity (Wildman–Crippen MR) is 85.1 cm³/mol. The van der Waals surface area contributed by atoms with Crippen molar-refractivity contribution in [3.63, 3.8) is 0 Å². The number of hydrogen-bond donors (Lipinski definition) is 0. The summed E-state index contributed by atoms with van der Waals surface area (Å²) in [6.45, 7) is 5.85. The lowest BCUT2D eigenvalue weighted by Crippen LogP contribution is -2.48. The lowest BCUT2D eigenvalue weighted by atomic mass is 9.79. The van der Waals surface area contributed by atoms with Crippen molar-refractivity contribution in [3.8, 4) is 0 Å². The van der Waals surface area contributed by atoms with E-state index in [0.717, 1.165) is 52.2 Å². The van der Waals surface area contributed by atoms with Gasteiger partial charge in [-0.25, -0.2) is 4.98 Å². The number of carbonyl (C=O) groups is 1. The third-order valence-corrected chi connectivity index (χ3v) is 6.08. The van der Waals surface area contributed by atoms with E-state index >= 15 is 0 Å². The summed E-state index contributed by atoms with van der Waals surface area (Å²) in [7, 11) is 0. The minimum Gasteiger partial charge on any atom is -0.380 e. The van der Waals surface area contributed by atoms with E-state index in [0.29, 0.717) is 17.2 Å². The summed E-state index contributed by atoms with van der Waals surface area (Å²) in [5.74, 6) is 0.114. The van der Waals surface area contributed by atoms with Gasteiger partial charge in [0.25, 0.3) is 5.91 Å². The fourth-order valence-corrected chi connectivity index (χ4v) is 4.81. The third-order valence-electron chi connectivity index (χ3n) is 5.49. The topological polar surface area (TPSA) is 45.7 Å². The molecule has 1 amide bonds. The first-order chi connectivity index (χ1) is 10.8. The third kappa shape index (κ3) is 2.68. The van der Waals surface area contributed by atoms with Crippen molar-refractivity contribution in [2.24, 2.45) is 5.41 Å². The van der Waals surface area contributed by atoms with E-state index in [1.807, 2.05) is 10.3 Å². The van der Waals surface area contributed by atoms with Gasteiger partial charge in [0.05, 0.1) is 12.1 Å². The number of carbonyl (C=O) groups excluding carboxylic acids is 1. The highest BCUT2D eigenvalue weighted by Gasteiger charge is 2.44. The Balaban J connectivity index is 1.43. The van der Waals surface area contributed by atoms with Gasteiger partial charge < -0.3 is 9.64 Å². The molecule has 3 aliphatic heterocycles. The second-order valence-electron chi connectivity index (χ2n) is 6.94. The summed E-state index contributed by atoms with van der Waals surface area (Å²) < 4.78 is 5.54. The molecule has 0 unspecified atom stereocenters. The molecule has 0 bridgehead atoms. The number of piperidine rings is 1. The summed E-state index contributed by atoms with van der Waals surface area (Å²) in [4.78, 5) is 21.4. The number of nitrogens with zero attached hydrogens (tertiary/aromatic N) is 3. The van der Waals surface area contributed by atoms with E-state index in [-0.39, 0.29) is 5.91 Å². The van der Waals surface area contributed by atoms with Crippen LogP contribution in [-0.2, 0) is 4.74 Å². The molecule has 0 N–H and O–H groups in total. The van der Waals surface area contributed by atoms with E-state index in [1.54, 1.807) is 5.51 Å². The van der Waals surface area contributed by atoms with Gasteiger partial charge in [0.2, 0.25) is 0 Å². The number of likely N-dealkylation sites (tertiary alicyclic amines) is 2. The molecule has 1 spiro atoms. The Bertz CT molecular complexity index is 530. The first-order valence-corrected chi connectivity index (χ1v) is 9.19. The zero-order valence-corrected chi connectivity index (χ0v) is 13.7. The van der Waals surface area contributed by atoms with Crippen LogP contribution in [0.15, 0.2) is 10.9 Å². The summed E-state index contributed by atoms with van der Waals surface area (Å²) in [5.41, 5.74) is 2.65. The molecule has 22 heavy (non-hydrogen) atoms. The van der Waals surface area contributed by atoms with E-state index < -0.39 is 0 Å².